The van der Waals surface area contributed by atoms with E-state index in [1.54, 1.807) is 0 Å². The minimum atomic E-state index is -0.703. The number of carbonyl (C=O) groups is 1. The van der Waals surface area contributed by atoms with Crippen molar-refractivity contribution < 1.29 is 19.2 Å². The molecule has 1 N–H and O–H groups in total. The highest BCUT2D eigenvalue weighted by Crippen LogP contribution is 2.26. The van der Waals surface area contributed by atoms with E-state index >= 15 is 0 Å². The van der Waals surface area contributed by atoms with Crippen LogP contribution >= 0.6 is 0 Å². The van der Waals surface area contributed by atoms with Gasteiger partial charge in [0.05, 0.1) is 4.92 Å². The molecule has 0 aliphatic rings. The minimum absolute atomic E-state index is 0.244. The van der Waals surface area contributed by atoms with Crippen LogP contribution in [-0.2, 0) is 0 Å². The van der Waals surface area contributed by atoms with Crippen LogP contribution in [0.15, 0.2) is 42.5 Å². The molecule has 0 bridgehead atoms. The number of aromatic hydroxyl groups is 1. The van der Waals surface area contributed by atoms with Gasteiger partial charge < -0.3 is 10.0 Å². The quantitative estimate of drug-likeness (QED) is 0.695. The van der Waals surface area contributed by atoms with E-state index in [2.05, 4.69) is 0 Å². The zero-order chi connectivity index (χ0) is 15.6. The zero-order valence-corrected chi connectivity index (χ0v) is 11.0. The first-order chi connectivity index (χ1) is 9.90. The number of rotatable bonds is 3. The number of benzene rings is 2. The summed E-state index contributed by atoms with van der Waals surface area (Å²) >= 11 is 0. The summed E-state index contributed by atoms with van der Waals surface area (Å²) in [5.74, 6) is -1.39. The van der Waals surface area contributed by atoms with E-state index in [1.165, 1.54) is 31.3 Å². The molecule has 0 atom stereocenters. The lowest BCUT2D eigenvalue weighted by Crippen LogP contribution is -2.26. The van der Waals surface area contributed by atoms with Crippen LogP contribution < -0.4 is 4.90 Å². The molecular weight excluding hydrogens is 279 g/mol. The number of phenolic OH excluding ortho intramolecular Hbond substituents is 1. The molecule has 0 fully saturated rings. The Morgan fingerprint density at radius 1 is 1.24 bits per heavy atom. The highest BCUT2D eigenvalue weighted by Gasteiger charge is 2.24. The Morgan fingerprint density at radius 3 is 2.43 bits per heavy atom. The van der Waals surface area contributed by atoms with Crippen molar-refractivity contribution in [2.24, 2.45) is 0 Å². The van der Waals surface area contributed by atoms with Crippen molar-refractivity contribution in [1.29, 1.82) is 0 Å². The van der Waals surface area contributed by atoms with Gasteiger partial charge in [0.25, 0.3) is 11.6 Å². The van der Waals surface area contributed by atoms with E-state index in [4.69, 9.17) is 0 Å². The van der Waals surface area contributed by atoms with E-state index in [1.807, 2.05) is 0 Å². The molecule has 0 saturated carbocycles. The molecule has 108 valence electrons. The summed E-state index contributed by atoms with van der Waals surface area (Å²) in [6, 6.07) is 8.32. The van der Waals surface area contributed by atoms with Crippen molar-refractivity contribution in [1.82, 2.24) is 0 Å². The maximum absolute atomic E-state index is 12.9. The second-order valence-electron chi connectivity index (χ2n) is 4.30. The molecular formula is C14H11FN2O4. The van der Waals surface area contributed by atoms with Crippen LogP contribution in [0, 0.1) is 15.9 Å². The minimum Gasteiger partial charge on any atom is -0.508 e. The number of hydrogen-bond donors (Lipinski definition) is 1. The summed E-state index contributed by atoms with van der Waals surface area (Å²) in [6.07, 6.45) is 0. The first-order valence-corrected chi connectivity index (χ1v) is 5.91. The fourth-order valence-corrected chi connectivity index (χ4v) is 1.82. The van der Waals surface area contributed by atoms with Gasteiger partial charge in [-0.1, -0.05) is 0 Å². The van der Waals surface area contributed by atoms with Gasteiger partial charge in [-0.15, -0.1) is 0 Å². The Morgan fingerprint density at radius 2 is 1.86 bits per heavy atom. The molecule has 2 aromatic rings. The number of nitrogens with zero attached hydrogens (tertiary/aromatic N) is 2. The summed E-state index contributed by atoms with van der Waals surface area (Å²) in [5.41, 5.74) is -0.280. The number of nitro benzene ring substituents is 1. The number of phenols is 1. The van der Waals surface area contributed by atoms with Gasteiger partial charge in [0.15, 0.2) is 0 Å². The average molecular weight is 290 g/mol. The van der Waals surface area contributed by atoms with Crippen molar-refractivity contribution in [3.63, 3.8) is 0 Å². The zero-order valence-electron chi connectivity index (χ0n) is 11.0. The van der Waals surface area contributed by atoms with Crippen LogP contribution in [-0.4, -0.2) is 23.0 Å². The summed E-state index contributed by atoms with van der Waals surface area (Å²) in [7, 11) is 1.41. The monoisotopic (exact) mass is 290 g/mol. The van der Waals surface area contributed by atoms with Crippen LogP contribution in [0.4, 0.5) is 15.8 Å². The van der Waals surface area contributed by atoms with E-state index in [9.17, 15) is 24.4 Å². The van der Waals surface area contributed by atoms with Crippen LogP contribution in [0.1, 0.15) is 10.4 Å². The number of nitro groups is 1. The highest BCUT2D eigenvalue weighted by atomic mass is 19.1. The third-order valence-electron chi connectivity index (χ3n) is 2.93. The van der Waals surface area contributed by atoms with Gasteiger partial charge >= 0.3 is 0 Å². The van der Waals surface area contributed by atoms with Gasteiger partial charge in [-0.2, -0.15) is 0 Å². The van der Waals surface area contributed by atoms with Gasteiger partial charge in [-0.05, 0) is 36.4 Å². The summed E-state index contributed by atoms with van der Waals surface area (Å²) < 4.78 is 12.9. The predicted octanol–water partition coefficient (Wildman–Crippen LogP) is 2.72. The Balaban J connectivity index is 2.41. The van der Waals surface area contributed by atoms with Crippen molar-refractivity contribution in [3.8, 4) is 5.75 Å². The predicted molar refractivity (Wildman–Crippen MR) is 73.9 cm³/mol. The maximum Gasteiger partial charge on any atom is 0.282 e. The lowest BCUT2D eigenvalue weighted by Gasteiger charge is -2.17. The molecule has 1 amide bonds. The summed E-state index contributed by atoms with van der Waals surface area (Å²) in [5, 5.41) is 20.4. The Bertz CT molecular complexity index is 701. The molecule has 2 aromatic carbocycles. The second-order valence-corrected chi connectivity index (χ2v) is 4.30. The molecule has 2 rings (SSSR count). The van der Waals surface area contributed by atoms with Crippen LogP contribution in [0.25, 0.3) is 0 Å². The van der Waals surface area contributed by atoms with Crippen LogP contribution in [0.2, 0.25) is 0 Å². The first-order valence-electron chi connectivity index (χ1n) is 5.91. The number of amides is 1. The number of anilines is 1. The summed E-state index contributed by atoms with van der Waals surface area (Å²) in [4.78, 5) is 23.7. The molecule has 0 heterocycles. The Kier molecular flexibility index (Phi) is 3.84. The van der Waals surface area contributed by atoms with Gasteiger partial charge in [0.1, 0.15) is 17.1 Å². The standard InChI is InChI=1S/C14H11FN2O4/c1-16(10-4-2-9(15)3-5-10)14(19)12-8-11(18)6-7-13(12)17(20)21/h2-8,18H,1H3. The molecule has 21 heavy (non-hydrogen) atoms. The van der Waals surface area contributed by atoms with E-state index < -0.39 is 22.3 Å². The number of carbonyl (C=O) groups excluding carboxylic acids is 1. The van der Waals surface area contributed by atoms with Crippen LogP contribution in [0.5, 0.6) is 5.75 Å². The lowest BCUT2D eigenvalue weighted by atomic mass is 10.1. The van der Waals surface area contributed by atoms with Gasteiger partial charge in [-0.3, -0.25) is 14.9 Å². The van der Waals surface area contributed by atoms with Crippen molar-refractivity contribution in [3.05, 3.63) is 64.0 Å². The van der Waals surface area contributed by atoms with Crippen LogP contribution in [0.3, 0.4) is 0 Å². The SMILES string of the molecule is CN(C(=O)c1cc(O)ccc1[N+](=O)[O-])c1ccc(F)cc1. The fraction of sp³-hybridized carbons (Fsp3) is 0.0714. The first kappa shape index (κ1) is 14.4. The third kappa shape index (κ3) is 2.97. The number of halogens is 1. The van der Waals surface area contributed by atoms with Gasteiger partial charge in [-0.25, -0.2) is 4.39 Å². The van der Waals surface area contributed by atoms with E-state index in [-0.39, 0.29) is 11.3 Å². The van der Waals surface area contributed by atoms with Crippen molar-refractivity contribution >= 4 is 17.3 Å². The molecule has 0 radical (unpaired) electrons. The normalized spacial score (nSPS) is 10.2. The molecule has 0 aliphatic heterocycles. The molecule has 0 saturated heterocycles. The molecule has 0 aliphatic carbocycles. The van der Waals surface area contributed by atoms with Crippen molar-refractivity contribution in [2.45, 2.75) is 0 Å². The Hall–Kier alpha value is -2.96. The highest BCUT2D eigenvalue weighted by molar-refractivity contribution is 6.08. The van der Waals surface area contributed by atoms with E-state index in [0.717, 1.165) is 23.1 Å². The van der Waals surface area contributed by atoms with Gasteiger partial charge in [0, 0.05) is 18.8 Å². The largest absolute Gasteiger partial charge is 0.508 e. The molecule has 0 spiro atoms. The smallest absolute Gasteiger partial charge is 0.282 e. The van der Waals surface area contributed by atoms with Crippen molar-refractivity contribution in [2.75, 3.05) is 11.9 Å². The summed E-state index contributed by atoms with van der Waals surface area (Å²) in [6.45, 7) is 0. The molecule has 6 nitrogen and oxygen atoms in total. The fourth-order valence-electron chi connectivity index (χ4n) is 1.82. The number of hydrogen-bond acceptors (Lipinski definition) is 4. The maximum atomic E-state index is 12.9. The topological polar surface area (TPSA) is 83.7 Å². The van der Waals surface area contributed by atoms with E-state index in [0.29, 0.717) is 5.69 Å². The second kappa shape index (κ2) is 5.58. The average Bonchev–Trinajstić information content (AvgIpc) is 2.46. The van der Waals surface area contributed by atoms with Gasteiger partial charge in [0.2, 0.25) is 0 Å². The molecule has 0 unspecified atom stereocenters. The molecule has 7 heteroatoms. The third-order valence-corrected chi connectivity index (χ3v) is 2.93. The molecule has 0 aromatic heterocycles. The Labute approximate surface area is 119 Å². The lowest BCUT2D eigenvalue weighted by molar-refractivity contribution is -0.385.